The summed E-state index contributed by atoms with van der Waals surface area (Å²) >= 11 is 5.93. The number of amides is 2. The van der Waals surface area contributed by atoms with Gasteiger partial charge >= 0.3 is 6.09 Å². The number of halogens is 1. The molecular weight excluding hydrogens is 282 g/mol. The standard InChI is InChI=1S/C13H16ClN3O3/c14-10-2-1-8(6-17-13(19)20)9(5-10)7-16-12(18)11-3-4-15-11/h1-2,5,11,15,17H,3-4,6-7H2,(H,16,18)(H,19,20)/t11-/m0/s1. The molecule has 7 heteroatoms. The fourth-order valence-electron chi connectivity index (χ4n) is 1.92. The van der Waals surface area contributed by atoms with Crippen LogP contribution in [0.15, 0.2) is 18.2 Å². The summed E-state index contributed by atoms with van der Waals surface area (Å²) in [5.74, 6) is -0.0478. The fraction of sp³-hybridized carbons (Fsp3) is 0.385. The van der Waals surface area contributed by atoms with Gasteiger partial charge in [0.2, 0.25) is 5.91 Å². The number of hydrogen-bond acceptors (Lipinski definition) is 3. The van der Waals surface area contributed by atoms with Crippen molar-refractivity contribution in [3.05, 3.63) is 34.3 Å². The summed E-state index contributed by atoms with van der Waals surface area (Å²) < 4.78 is 0. The highest BCUT2D eigenvalue weighted by atomic mass is 35.5. The van der Waals surface area contributed by atoms with Crippen LogP contribution in [-0.2, 0) is 17.9 Å². The zero-order valence-electron chi connectivity index (χ0n) is 10.8. The van der Waals surface area contributed by atoms with Crippen LogP contribution in [0.3, 0.4) is 0 Å². The lowest BCUT2D eigenvalue weighted by Gasteiger charge is -2.26. The molecule has 0 spiro atoms. The lowest BCUT2D eigenvalue weighted by atomic mass is 10.1. The Labute approximate surface area is 121 Å². The van der Waals surface area contributed by atoms with E-state index in [0.29, 0.717) is 11.6 Å². The molecule has 0 bridgehead atoms. The van der Waals surface area contributed by atoms with Gasteiger partial charge in [0.15, 0.2) is 0 Å². The van der Waals surface area contributed by atoms with E-state index >= 15 is 0 Å². The van der Waals surface area contributed by atoms with E-state index in [1.807, 2.05) is 0 Å². The van der Waals surface area contributed by atoms with Crippen LogP contribution >= 0.6 is 11.6 Å². The average Bonchev–Trinajstić information content (AvgIpc) is 2.32. The Balaban J connectivity index is 1.98. The predicted octanol–water partition coefficient (Wildman–Crippen LogP) is 1.09. The molecule has 1 atom stereocenters. The molecule has 0 unspecified atom stereocenters. The third-order valence-electron chi connectivity index (χ3n) is 3.19. The number of carbonyl (C=O) groups excluding carboxylic acids is 1. The van der Waals surface area contributed by atoms with Crippen LogP contribution in [-0.4, -0.2) is 29.7 Å². The molecular formula is C13H16ClN3O3. The Kier molecular flexibility index (Phi) is 4.81. The Bertz CT molecular complexity index is 518. The van der Waals surface area contributed by atoms with Crippen LogP contribution in [0.5, 0.6) is 0 Å². The van der Waals surface area contributed by atoms with Crippen LogP contribution in [0.1, 0.15) is 17.5 Å². The van der Waals surface area contributed by atoms with Gasteiger partial charge in [0.1, 0.15) is 0 Å². The van der Waals surface area contributed by atoms with Crippen LogP contribution in [0.2, 0.25) is 5.02 Å². The first kappa shape index (κ1) is 14.6. The molecule has 0 saturated carbocycles. The van der Waals surface area contributed by atoms with Crippen molar-refractivity contribution in [3.8, 4) is 0 Å². The van der Waals surface area contributed by atoms with Crippen molar-refractivity contribution in [1.29, 1.82) is 0 Å². The van der Waals surface area contributed by atoms with Gasteiger partial charge in [0.05, 0.1) is 6.04 Å². The second-order valence-corrected chi connectivity index (χ2v) is 5.02. The molecule has 0 aromatic heterocycles. The molecule has 108 valence electrons. The third kappa shape index (κ3) is 3.85. The maximum absolute atomic E-state index is 11.7. The summed E-state index contributed by atoms with van der Waals surface area (Å²) in [6.45, 7) is 1.37. The number of hydrogen-bond donors (Lipinski definition) is 4. The summed E-state index contributed by atoms with van der Waals surface area (Å²) in [5.41, 5.74) is 1.59. The molecule has 1 heterocycles. The van der Waals surface area contributed by atoms with Crippen molar-refractivity contribution >= 4 is 23.6 Å². The van der Waals surface area contributed by atoms with E-state index in [2.05, 4.69) is 16.0 Å². The first-order chi connectivity index (χ1) is 9.56. The first-order valence-corrected chi connectivity index (χ1v) is 6.69. The number of rotatable bonds is 5. The minimum atomic E-state index is -1.09. The van der Waals surface area contributed by atoms with Gasteiger partial charge in [-0.15, -0.1) is 0 Å². The highest BCUT2D eigenvalue weighted by Crippen LogP contribution is 2.16. The van der Waals surface area contributed by atoms with Gasteiger partial charge in [-0.2, -0.15) is 0 Å². The van der Waals surface area contributed by atoms with E-state index in [9.17, 15) is 9.59 Å². The normalized spacial score (nSPS) is 17.1. The third-order valence-corrected chi connectivity index (χ3v) is 3.43. The molecule has 6 nitrogen and oxygen atoms in total. The predicted molar refractivity (Wildman–Crippen MR) is 74.6 cm³/mol. The quantitative estimate of drug-likeness (QED) is 0.655. The topological polar surface area (TPSA) is 90.5 Å². The number of nitrogens with one attached hydrogen (secondary N) is 3. The summed E-state index contributed by atoms with van der Waals surface area (Å²) in [6.07, 6.45) is -0.247. The van der Waals surface area contributed by atoms with Crippen molar-refractivity contribution in [2.24, 2.45) is 0 Å². The minimum Gasteiger partial charge on any atom is -0.465 e. The second-order valence-electron chi connectivity index (χ2n) is 4.58. The zero-order chi connectivity index (χ0) is 14.5. The highest BCUT2D eigenvalue weighted by molar-refractivity contribution is 6.30. The molecule has 0 aliphatic carbocycles. The van der Waals surface area contributed by atoms with Crippen LogP contribution in [0.25, 0.3) is 0 Å². The average molecular weight is 298 g/mol. The molecule has 1 aromatic rings. The van der Waals surface area contributed by atoms with Crippen molar-refractivity contribution in [3.63, 3.8) is 0 Å². The van der Waals surface area contributed by atoms with Crippen molar-refractivity contribution < 1.29 is 14.7 Å². The van der Waals surface area contributed by atoms with Gasteiger partial charge in [-0.25, -0.2) is 4.79 Å². The van der Waals surface area contributed by atoms with Crippen molar-refractivity contribution in [2.45, 2.75) is 25.6 Å². The zero-order valence-corrected chi connectivity index (χ0v) is 11.5. The Morgan fingerprint density at radius 1 is 1.30 bits per heavy atom. The van der Waals surface area contributed by atoms with Gasteiger partial charge in [-0.05, 0) is 36.2 Å². The first-order valence-electron chi connectivity index (χ1n) is 6.31. The molecule has 1 aromatic carbocycles. The summed E-state index contributed by atoms with van der Waals surface area (Å²) in [6, 6.07) is 5.06. The molecule has 1 aliphatic heterocycles. The summed E-state index contributed by atoms with van der Waals surface area (Å²) in [7, 11) is 0. The van der Waals surface area contributed by atoms with Crippen LogP contribution in [0.4, 0.5) is 4.79 Å². The molecule has 2 amide bonds. The second kappa shape index (κ2) is 6.58. The maximum atomic E-state index is 11.7. The van der Waals surface area contributed by atoms with Gasteiger partial charge in [0.25, 0.3) is 0 Å². The molecule has 1 aliphatic rings. The lowest BCUT2D eigenvalue weighted by Crippen LogP contribution is -2.53. The van der Waals surface area contributed by atoms with Crippen molar-refractivity contribution in [1.82, 2.24) is 16.0 Å². The fourth-order valence-corrected chi connectivity index (χ4v) is 2.12. The van der Waals surface area contributed by atoms with Gasteiger partial charge in [-0.3, -0.25) is 4.79 Å². The van der Waals surface area contributed by atoms with Crippen molar-refractivity contribution in [2.75, 3.05) is 6.54 Å². The molecule has 20 heavy (non-hydrogen) atoms. The molecule has 2 rings (SSSR count). The lowest BCUT2D eigenvalue weighted by molar-refractivity contribution is -0.124. The van der Waals surface area contributed by atoms with Crippen LogP contribution < -0.4 is 16.0 Å². The number of benzene rings is 1. The van der Waals surface area contributed by atoms with E-state index in [1.54, 1.807) is 18.2 Å². The minimum absolute atomic E-state index is 0.0478. The molecule has 1 fully saturated rings. The number of carboxylic acid groups (broad SMARTS) is 1. The van der Waals surface area contributed by atoms with E-state index in [-0.39, 0.29) is 18.5 Å². The Hall–Kier alpha value is -1.79. The van der Waals surface area contributed by atoms with E-state index < -0.39 is 6.09 Å². The Morgan fingerprint density at radius 3 is 2.60 bits per heavy atom. The SMILES string of the molecule is O=C(O)NCc1ccc(Cl)cc1CNC(=O)[C@@H]1CCN1. The highest BCUT2D eigenvalue weighted by Gasteiger charge is 2.24. The van der Waals surface area contributed by atoms with E-state index in [1.165, 1.54) is 0 Å². The maximum Gasteiger partial charge on any atom is 0.404 e. The van der Waals surface area contributed by atoms with Gasteiger partial charge < -0.3 is 21.1 Å². The van der Waals surface area contributed by atoms with Crippen LogP contribution in [0, 0.1) is 0 Å². The molecule has 4 N–H and O–H groups in total. The van der Waals surface area contributed by atoms with Gasteiger partial charge in [-0.1, -0.05) is 17.7 Å². The smallest absolute Gasteiger partial charge is 0.404 e. The van der Waals surface area contributed by atoms with E-state index in [4.69, 9.17) is 16.7 Å². The van der Waals surface area contributed by atoms with E-state index in [0.717, 1.165) is 24.1 Å². The summed E-state index contributed by atoms with van der Waals surface area (Å²) in [4.78, 5) is 22.3. The summed E-state index contributed by atoms with van der Waals surface area (Å²) in [5, 5.41) is 17.3. The Morgan fingerprint density at radius 2 is 2.00 bits per heavy atom. The molecule has 0 radical (unpaired) electrons. The van der Waals surface area contributed by atoms with Gasteiger partial charge in [0, 0.05) is 18.1 Å². The molecule has 1 saturated heterocycles. The monoisotopic (exact) mass is 297 g/mol. The largest absolute Gasteiger partial charge is 0.465 e. The number of carbonyl (C=O) groups is 2.